The van der Waals surface area contributed by atoms with Crippen LogP contribution < -0.4 is 0 Å². The van der Waals surface area contributed by atoms with Crippen LogP contribution in [-0.4, -0.2) is 43.7 Å². The summed E-state index contributed by atoms with van der Waals surface area (Å²) in [5.41, 5.74) is 1.41. The second-order valence-electron chi connectivity index (χ2n) is 7.29. The van der Waals surface area contributed by atoms with E-state index < -0.39 is 30.9 Å². The van der Waals surface area contributed by atoms with E-state index in [-0.39, 0.29) is 17.6 Å². The van der Waals surface area contributed by atoms with Crippen molar-refractivity contribution in [2.24, 2.45) is 0 Å². The number of hydrogen-bond acceptors (Lipinski definition) is 5. The third kappa shape index (κ3) is 4.11. The molecule has 1 aromatic heterocycles. The summed E-state index contributed by atoms with van der Waals surface area (Å²) in [5.74, 6) is -0.509. The van der Waals surface area contributed by atoms with E-state index in [1.807, 2.05) is 6.92 Å². The molecule has 28 heavy (non-hydrogen) atoms. The first-order chi connectivity index (χ1) is 13.0. The van der Waals surface area contributed by atoms with E-state index in [1.165, 1.54) is 22.6 Å². The molecule has 1 unspecified atom stereocenters. The Balaban J connectivity index is 1.87. The van der Waals surface area contributed by atoms with Gasteiger partial charge in [-0.25, -0.2) is 26.2 Å². The molecule has 0 saturated carbocycles. The van der Waals surface area contributed by atoms with Crippen LogP contribution in [0.25, 0.3) is 11.1 Å². The highest BCUT2D eigenvalue weighted by molar-refractivity contribution is 7.90. The molecule has 0 amide bonds. The lowest BCUT2D eigenvalue weighted by Crippen LogP contribution is -2.47. The van der Waals surface area contributed by atoms with Crippen LogP contribution >= 0.6 is 0 Å². The SMILES string of the molecule is CC1CC[C@H](C)N(Cc2ccc(-c3ccc(S(C)(=O)=O)nc3)cc2F)S1(=O)=O. The van der Waals surface area contributed by atoms with Crippen molar-refractivity contribution in [1.29, 1.82) is 0 Å². The van der Waals surface area contributed by atoms with Gasteiger partial charge in [0.1, 0.15) is 5.82 Å². The van der Waals surface area contributed by atoms with E-state index in [1.54, 1.807) is 25.1 Å². The van der Waals surface area contributed by atoms with Gasteiger partial charge in [-0.2, -0.15) is 4.31 Å². The lowest BCUT2D eigenvalue weighted by molar-refractivity contribution is 0.281. The molecule has 0 N–H and O–H groups in total. The summed E-state index contributed by atoms with van der Waals surface area (Å²) >= 11 is 0. The molecule has 2 heterocycles. The van der Waals surface area contributed by atoms with Gasteiger partial charge < -0.3 is 0 Å². The minimum absolute atomic E-state index is 0.00871. The molecule has 1 aliphatic heterocycles. The molecule has 0 spiro atoms. The summed E-state index contributed by atoms with van der Waals surface area (Å²) < 4.78 is 64.2. The number of pyridine rings is 1. The van der Waals surface area contributed by atoms with E-state index >= 15 is 0 Å². The number of rotatable bonds is 4. The fraction of sp³-hybridized carbons (Fsp3) is 0.421. The van der Waals surface area contributed by atoms with Crippen LogP contribution in [0.1, 0.15) is 32.3 Å². The highest BCUT2D eigenvalue weighted by Gasteiger charge is 2.37. The Morgan fingerprint density at radius 3 is 2.39 bits per heavy atom. The minimum atomic E-state index is -3.45. The second-order valence-corrected chi connectivity index (χ2v) is 11.6. The summed E-state index contributed by atoms with van der Waals surface area (Å²) in [4.78, 5) is 3.91. The second kappa shape index (κ2) is 7.53. The summed E-state index contributed by atoms with van der Waals surface area (Å²) in [7, 11) is -6.85. The van der Waals surface area contributed by atoms with Crippen LogP contribution in [0.3, 0.4) is 0 Å². The van der Waals surface area contributed by atoms with Gasteiger partial charge in [0.2, 0.25) is 10.0 Å². The Hall–Kier alpha value is -1.84. The summed E-state index contributed by atoms with van der Waals surface area (Å²) in [6.07, 6.45) is 3.81. The lowest BCUT2D eigenvalue weighted by atomic mass is 10.0. The van der Waals surface area contributed by atoms with Gasteiger partial charge in [-0.1, -0.05) is 12.1 Å². The van der Waals surface area contributed by atoms with E-state index in [4.69, 9.17) is 0 Å². The van der Waals surface area contributed by atoms with E-state index in [2.05, 4.69) is 4.98 Å². The quantitative estimate of drug-likeness (QED) is 0.750. The molecular formula is C19H23FN2O4S2. The van der Waals surface area contributed by atoms with Gasteiger partial charge in [0.25, 0.3) is 0 Å². The van der Waals surface area contributed by atoms with Gasteiger partial charge in [0.15, 0.2) is 14.9 Å². The van der Waals surface area contributed by atoms with Gasteiger partial charge in [-0.15, -0.1) is 0 Å². The molecule has 0 bridgehead atoms. The summed E-state index contributed by atoms with van der Waals surface area (Å²) in [6, 6.07) is 7.33. The third-order valence-electron chi connectivity index (χ3n) is 5.15. The van der Waals surface area contributed by atoms with Gasteiger partial charge in [0.05, 0.1) is 5.25 Å². The topological polar surface area (TPSA) is 84.4 Å². The molecule has 1 fully saturated rings. The molecule has 2 atom stereocenters. The van der Waals surface area contributed by atoms with E-state index in [9.17, 15) is 21.2 Å². The van der Waals surface area contributed by atoms with Crippen LogP contribution in [0.5, 0.6) is 0 Å². The molecule has 0 aliphatic carbocycles. The number of sulfone groups is 1. The summed E-state index contributed by atoms with van der Waals surface area (Å²) in [6.45, 7) is 3.51. The molecule has 3 rings (SSSR count). The standard InChI is InChI=1S/C19H23FN2O4S2/c1-13-4-5-14(2)28(25,26)22(13)12-17-7-6-15(10-18(17)20)16-8-9-19(21-11-16)27(3,23)24/h6-11,13-14H,4-5,12H2,1-3H3/t13-,14?/m0/s1. The smallest absolute Gasteiger partial charge is 0.217 e. The molecular weight excluding hydrogens is 403 g/mol. The largest absolute Gasteiger partial charge is 0.244 e. The average Bonchev–Trinajstić information content (AvgIpc) is 2.63. The maximum atomic E-state index is 14.7. The van der Waals surface area contributed by atoms with Crippen molar-refractivity contribution < 1.29 is 21.2 Å². The Bertz CT molecular complexity index is 1080. The number of halogens is 1. The Morgan fingerprint density at radius 2 is 1.82 bits per heavy atom. The zero-order valence-corrected chi connectivity index (χ0v) is 17.6. The lowest BCUT2D eigenvalue weighted by Gasteiger charge is -2.36. The third-order valence-corrected chi connectivity index (χ3v) is 8.54. The first-order valence-corrected chi connectivity index (χ1v) is 12.3. The van der Waals surface area contributed by atoms with Crippen LogP contribution in [0.15, 0.2) is 41.6 Å². The van der Waals surface area contributed by atoms with Crippen molar-refractivity contribution in [2.75, 3.05) is 6.26 Å². The fourth-order valence-electron chi connectivity index (χ4n) is 3.29. The van der Waals surface area contributed by atoms with Crippen molar-refractivity contribution in [3.63, 3.8) is 0 Å². The molecule has 9 heteroatoms. The van der Waals surface area contributed by atoms with Crippen LogP contribution in [0.4, 0.5) is 4.39 Å². The van der Waals surface area contributed by atoms with Crippen molar-refractivity contribution in [2.45, 2.75) is 49.6 Å². The first kappa shape index (κ1) is 20.9. The van der Waals surface area contributed by atoms with Crippen LogP contribution in [0.2, 0.25) is 0 Å². The van der Waals surface area contributed by atoms with Crippen molar-refractivity contribution in [3.05, 3.63) is 47.9 Å². The van der Waals surface area contributed by atoms with E-state index in [0.717, 1.165) is 12.7 Å². The highest BCUT2D eigenvalue weighted by Crippen LogP contribution is 2.29. The maximum absolute atomic E-state index is 14.7. The van der Waals surface area contributed by atoms with Gasteiger partial charge in [0, 0.05) is 36.2 Å². The molecule has 1 aliphatic rings. The van der Waals surface area contributed by atoms with Crippen LogP contribution in [0, 0.1) is 5.82 Å². The van der Waals surface area contributed by atoms with Crippen LogP contribution in [-0.2, 0) is 26.4 Å². The zero-order valence-electron chi connectivity index (χ0n) is 16.0. The number of hydrogen-bond donors (Lipinski definition) is 0. The predicted molar refractivity (Wildman–Crippen MR) is 105 cm³/mol. The Kier molecular flexibility index (Phi) is 5.62. The van der Waals surface area contributed by atoms with Gasteiger partial charge in [-0.05, 0) is 50.5 Å². The molecule has 152 valence electrons. The first-order valence-electron chi connectivity index (χ1n) is 8.95. The van der Waals surface area contributed by atoms with Crippen molar-refractivity contribution >= 4 is 19.9 Å². The van der Waals surface area contributed by atoms with E-state index in [0.29, 0.717) is 23.1 Å². The molecule has 2 aromatic rings. The molecule has 0 radical (unpaired) electrons. The van der Waals surface area contributed by atoms with Gasteiger partial charge in [-0.3, -0.25) is 0 Å². The average molecular weight is 427 g/mol. The minimum Gasteiger partial charge on any atom is -0.244 e. The Labute approximate surface area is 165 Å². The molecule has 6 nitrogen and oxygen atoms in total. The molecule has 1 saturated heterocycles. The number of nitrogens with zero attached hydrogens (tertiary/aromatic N) is 2. The zero-order chi connectivity index (χ0) is 20.7. The predicted octanol–water partition coefficient (Wildman–Crippen LogP) is 2.99. The van der Waals surface area contributed by atoms with Crippen molar-refractivity contribution in [1.82, 2.24) is 9.29 Å². The monoisotopic (exact) mass is 426 g/mol. The maximum Gasteiger partial charge on any atom is 0.217 e. The molecule has 1 aromatic carbocycles. The van der Waals surface area contributed by atoms with Crippen molar-refractivity contribution in [3.8, 4) is 11.1 Å². The number of sulfonamides is 1. The fourth-order valence-corrected chi connectivity index (χ4v) is 5.67. The summed E-state index contributed by atoms with van der Waals surface area (Å²) in [5, 5.41) is -0.516. The highest BCUT2D eigenvalue weighted by atomic mass is 32.2. The Morgan fingerprint density at radius 1 is 1.14 bits per heavy atom. The number of aromatic nitrogens is 1. The van der Waals surface area contributed by atoms with Gasteiger partial charge >= 0.3 is 0 Å². The normalized spacial score (nSPS) is 22.9. The number of benzene rings is 1.